The zero-order chi connectivity index (χ0) is 51.8. The van der Waals surface area contributed by atoms with Crippen molar-refractivity contribution in [1.82, 2.24) is 24.8 Å². The van der Waals surface area contributed by atoms with Gasteiger partial charge in [-0.25, -0.2) is 14.8 Å². The van der Waals surface area contributed by atoms with Gasteiger partial charge >= 0.3 is 12.1 Å². The zero-order valence-electron chi connectivity index (χ0n) is 40.6. The second kappa shape index (κ2) is 20.7. The topological polar surface area (TPSA) is 188 Å². The summed E-state index contributed by atoms with van der Waals surface area (Å²) in [5.41, 5.74) is 3.09. The minimum atomic E-state index is -4.85. The van der Waals surface area contributed by atoms with Crippen LogP contribution in [-0.2, 0) is 40.6 Å². The largest absolute Gasteiger partial charge is 0.491 e. The van der Waals surface area contributed by atoms with Gasteiger partial charge in [0.15, 0.2) is 10.8 Å². The van der Waals surface area contributed by atoms with E-state index in [-0.39, 0.29) is 65.8 Å². The first-order chi connectivity index (χ1) is 35.5. The quantitative estimate of drug-likeness (QED) is 0.0760. The number of carbonyl (C=O) groups excluding carboxylic acids is 4. The number of hydrogen-bond donors (Lipinski definition) is 4. The highest BCUT2D eigenvalue weighted by atomic mass is 32.1. The molecule has 0 saturated carbocycles. The first kappa shape index (κ1) is 49.9. The second-order valence-corrected chi connectivity index (χ2v) is 20.4. The number of nitrogens with one attached hydrogen (secondary N) is 3. The fourth-order valence-corrected chi connectivity index (χ4v) is 11.4. The van der Waals surface area contributed by atoms with E-state index in [0.29, 0.717) is 61.2 Å². The predicted molar refractivity (Wildman–Crippen MR) is 276 cm³/mol. The third-order valence-electron chi connectivity index (χ3n) is 14.3. The molecule has 2 fully saturated rings. The van der Waals surface area contributed by atoms with Crippen molar-refractivity contribution < 1.29 is 47.0 Å². The van der Waals surface area contributed by atoms with E-state index in [9.17, 15) is 42.3 Å². The molecule has 0 bridgehead atoms. The van der Waals surface area contributed by atoms with E-state index in [1.807, 2.05) is 84.2 Å². The first-order valence-electron chi connectivity index (χ1n) is 24.6. The monoisotopic (exact) mass is 1030 g/mol. The molecule has 2 unspecified atom stereocenters. The number of thiazole rings is 1. The number of hydrogen-bond acceptors (Lipinski definition) is 11. The van der Waals surface area contributed by atoms with Crippen molar-refractivity contribution >= 4 is 78.7 Å². The number of likely N-dealkylation sites (tertiary alicyclic amines) is 1. The fraction of sp³-hybridized carbons (Fsp3) is 0.327. The van der Waals surface area contributed by atoms with Crippen molar-refractivity contribution in [1.29, 1.82) is 0 Å². The number of carbonyl (C=O) groups is 5. The Balaban J connectivity index is 0.736. The smallest absolute Gasteiger partial charge is 0.417 e. The maximum atomic E-state index is 14.8. The Kier molecular flexibility index (Phi) is 14.0. The van der Waals surface area contributed by atoms with Crippen molar-refractivity contribution in [3.05, 3.63) is 131 Å². The van der Waals surface area contributed by atoms with E-state index in [1.54, 1.807) is 6.07 Å². The number of aromatic carboxylic acids is 1. The van der Waals surface area contributed by atoms with Crippen LogP contribution in [0.15, 0.2) is 97.2 Å². The lowest BCUT2D eigenvalue weighted by atomic mass is 9.90. The van der Waals surface area contributed by atoms with Gasteiger partial charge in [-0.3, -0.25) is 34.7 Å². The number of alkyl halides is 3. The Morgan fingerprint density at radius 1 is 0.905 bits per heavy atom. The van der Waals surface area contributed by atoms with Gasteiger partial charge in [-0.05, 0) is 141 Å². The molecule has 4 aromatic carbocycles. The summed E-state index contributed by atoms with van der Waals surface area (Å²) < 4.78 is 53.4. The van der Waals surface area contributed by atoms with Crippen LogP contribution in [0, 0.1) is 5.92 Å². The molecule has 15 nitrogen and oxygen atoms in total. The number of ether oxygens (including phenoxy) is 1. The highest BCUT2D eigenvalue weighted by Crippen LogP contribution is 2.42. The van der Waals surface area contributed by atoms with E-state index in [4.69, 9.17) is 4.74 Å². The third kappa shape index (κ3) is 10.7. The molecule has 0 aliphatic carbocycles. The molecule has 0 radical (unpaired) electrons. The predicted octanol–water partition coefficient (Wildman–Crippen LogP) is 9.80. The molecule has 19 heteroatoms. The van der Waals surface area contributed by atoms with Crippen LogP contribution in [0.2, 0.25) is 0 Å². The number of benzene rings is 4. The first-order valence-corrected chi connectivity index (χ1v) is 25.5. The van der Waals surface area contributed by atoms with E-state index >= 15 is 0 Å². The molecule has 4 amide bonds. The normalized spacial score (nSPS) is 17.0. The second-order valence-electron chi connectivity index (χ2n) is 19.3. The summed E-state index contributed by atoms with van der Waals surface area (Å²) in [5, 5.41) is 20.0. The molecule has 3 aromatic heterocycles. The molecule has 7 aromatic rings. The Morgan fingerprint density at radius 2 is 1.70 bits per heavy atom. The zero-order valence-corrected chi connectivity index (χ0v) is 41.4. The summed E-state index contributed by atoms with van der Waals surface area (Å²) in [6.45, 7) is 4.10. The molecule has 3 aliphatic heterocycles. The summed E-state index contributed by atoms with van der Waals surface area (Å²) in [4.78, 5) is 76.6. The van der Waals surface area contributed by atoms with Crippen molar-refractivity contribution in [2.75, 3.05) is 41.7 Å². The SMILES string of the molecule is CC(CCC1CCN(CC(=O)Nc2ccc3c(C4CCC(=O)NC4=O)cn(C)c3c2)CC1)Oc1ccc(-c2ccc(N3CCc4cccc(C(=O)Nc5nc6ccccc6s5)c4C3)nc2C(=O)O)c(C(F)(F)F)c1. The fourth-order valence-electron chi connectivity index (χ4n) is 10.5. The van der Waals surface area contributed by atoms with Gasteiger partial charge < -0.3 is 24.6 Å². The summed E-state index contributed by atoms with van der Waals surface area (Å²) in [6.07, 6.45) is 0.945. The van der Waals surface area contributed by atoms with Gasteiger partial charge in [0.25, 0.3) is 5.91 Å². The molecular weight excluding hydrogens is 974 g/mol. The summed E-state index contributed by atoms with van der Waals surface area (Å²) >= 11 is 1.36. The van der Waals surface area contributed by atoms with Crippen LogP contribution in [0.4, 0.5) is 29.8 Å². The van der Waals surface area contributed by atoms with E-state index in [1.165, 1.54) is 35.6 Å². The van der Waals surface area contributed by atoms with Gasteiger partial charge in [0, 0.05) is 55.0 Å². The molecule has 74 heavy (non-hydrogen) atoms. The minimum absolute atomic E-state index is 0.00634. The number of aromatic nitrogens is 3. The van der Waals surface area contributed by atoms with Crippen LogP contribution in [0.5, 0.6) is 5.75 Å². The number of rotatable bonds is 14. The summed E-state index contributed by atoms with van der Waals surface area (Å²) in [7, 11) is 1.88. The molecule has 0 spiro atoms. The molecule has 3 aliphatic rings. The number of anilines is 3. The number of aryl methyl sites for hydroxylation is 1. The van der Waals surface area contributed by atoms with Gasteiger partial charge in [0.05, 0.1) is 39.9 Å². The number of carboxylic acid groups (broad SMARTS) is 1. The standard InChI is InChI=1S/C55H53F3N8O7S/c1-31(10-11-32-20-23-65(24-21-32)30-49(68)59-34-12-14-37-42(28-64(2)45(37)26-34)40-17-19-48(67)62-51(40)69)73-35-13-15-36(43(27-35)55(56,57)58)38-16-18-47(61-50(38)53(71)72)66-25-22-33-6-5-7-39(41(33)29-66)52(70)63-54-60-44-8-3-4-9-46(44)74-54/h3-9,12-16,18,26-28,31-32,40H,10-11,17,19-25,29-30H2,1-2H3,(H,59,68)(H,71,72)(H,60,63,70)(H,62,67,69). The lowest BCUT2D eigenvalue weighted by Crippen LogP contribution is -2.39. The van der Waals surface area contributed by atoms with Crippen LogP contribution in [0.3, 0.4) is 0 Å². The number of para-hydroxylation sites is 1. The maximum absolute atomic E-state index is 14.8. The highest BCUT2D eigenvalue weighted by molar-refractivity contribution is 7.22. The van der Waals surface area contributed by atoms with E-state index < -0.39 is 35.4 Å². The molecule has 4 N–H and O–H groups in total. The Labute approximate surface area is 427 Å². The molecule has 2 atom stereocenters. The molecule has 2 saturated heterocycles. The lowest BCUT2D eigenvalue weighted by Gasteiger charge is -2.32. The number of fused-ring (bicyclic) bond motifs is 3. The Bertz CT molecular complexity index is 3310. The summed E-state index contributed by atoms with van der Waals surface area (Å²) in [5.74, 6) is -2.37. The average Bonchev–Trinajstić information content (AvgIpc) is 3.94. The average molecular weight is 1030 g/mol. The van der Waals surface area contributed by atoms with Crippen molar-refractivity contribution in [2.24, 2.45) is 13.0 Å². The lowest BCUT2D eigenvalue weighted by molar-refractivity contribution is -0.137. The van der Waals surface area contributed by atoms with Gasteiger partial charge in [-0.15, -0.1) is 0 Å². The summed E-state index contributed by atoms with van der Waals surface area (Å²) in [6, 6.07) is 25.0. The van der Waals surface area contributed by atoms with Crippen LogP contribution in [0.1, 0.15) is 94.5 Å². The minimum Gasteiger partial charge on any atom is -0.491 e. The number of halogens is 3. The Hall–Kier alpha value is -7.64. The molecule has 6 heterocycles. The number of imide groups is 1. The third-order valence-corrected chi connectivity index (χ3v) is 15.3. The molecule has 382 valence electrons. The number of nitrogens with zero attached hydrogens (tertiary/aromatic N) is 5. The van der Waals surface area contributed by atoms with Crippen LogP contribution in [-0.4, -0.2) is 86.4 Å². The maximum Gasteiger partial charge on any atom is 0.417 e. The van der Waals surface area contributed by atoms with E-state index in [0.717, 1.165) is 63.1 Å². The van der Waals surface area contributed by atoms with Crippen LogP contribution < -0.4 is 25.6 Å². The number of pyridine rings is 1. The van der Waals surface area contributed by atoms with Crippen LogP contribution >= 0.6 is 11.3 Å². The van der Waals surface area contributed by atoms with Gasteiger partial charge in [-0.2, -0.15) is 13.2 Å². The van der Waals surface area contributed by atoms with E-state index in [2.05, 4.69) is 30.8 Å². The molecular formula is C55H53F3N8O7S. The molecule has 10 rings (SSSR count). The van der Waals surface area contributed by atoms with Crippen molar-refractivity contribution in [3.8, 4) is 16.9 Å². The number of piperidine rings is 2. The van der Waals surface area contributed by atoms with Gasteiger partial charge in [0.2, 0.25) is 17.7 Å². The van der Waals surface area contributed by atoms with Gasteiger partial charge in [-0.1, -0.05) is 47.7 Å². The van der Waals surface area contributed by atoms with Crippen molar-refractivity contribution in [3.63, 3.8) is 0 Å². The van der Waals surface area contributed by atoms with Gasteiger partial charge in [0.1, 0.15) is 11.6 Å². The number of amides is 4. The van der Waals surface area contributed by atoms with Crippen molar-refractivity contribution in [2.45, 2.75) is 76.6 Å². The Morgan fingerprint density at radius 3 is 2.47 bits per heavy atom. The highest BCUT2D eigenvalue weighted by Gasteiger charge is 2.36. The van der Waals surface area contributed by atoms with Crippen LogP contribution in [0.25, 0.3) is 32.2 Å². The number of carboxylic acids is 1.